The lowest BCUT2D eigenvalue weighted by atomic mass is 10.2. The van der Waals surface area contributed by atoms with E-state index in [0.29, 0.717) is 0 Å². The monoisotopic (exact) mass is 248 g/mol. The molecule has 0 bridgehead atoms. The largest absolute Gasteiger partial charge is 0.396 e. The molecule has 0 fully saturated rings. The van der Waals surface area contributed by atoms with Gasteiger partial charge in [-0.2, -0.15) is 0 Å². The summed E-state index contributed by atoms with van der Waals surface area (Å²) in [5.41, 5.74) is 5.37. The molecule has 0 heterocycles. The number of halogens is 2. The summed E-state index contributed by atoms with van der Waals surface area (Å²) in [5.74, 6) is -1.84. The quantitative estimate of drug-likeness (QED) is 0.803. The summed E-state index contributed by atoms with van der Waals surface area (Å²) in [6, 6.07) is 9.39. The van der Waals surface area contributed by atoms with Crippen LogP contribution < -0.4 is 11.1 Å². The lowest BCUT2D eigenvalue weighted by Crippen LogP contribution is -2.13. The fraction of sp³-hybridized carbons (Fsp3) is 0. The Bertz CT molecular complexity index is 599. The highest BCUT2D eigenvalue weighted by atomic mass is 19.1. The SMILES string of the molecule is Nc1ccc(C(=O)Nc2ccccc2F)cc1F. The molecule has 2 aromatic carbocycles. The highest BCUT2D eigenvalue weighted by Gasteiger charge is 2.10. The van der Waals surface area contributed by atoms with Gasteiger partial charge >= 0.3 is 0 Å². The number of nitrogens with one attached hydrogen (secondary N) is 1. The molecule has 0 unspecified atom stereocenters. The van der Waals surface area contributed by atoms with E-state index in [2.05, 4.69) is 5.32 Å². The molecule has 5 heteroatoms. The van der Waals surface area contributed by atoms with Crippen LogP contribution in [0, 0.1) is 11.6 Å². The Morgan fingerprint density at radius 3 is 2.44 bits per heavy atom. The predicted molar refractivity (Wildman–Crippen MR) is 65.2 cm³/mol. The number of hydrogen-bond donors (Lipinski definition) is 2. The zero-order valence-corrected chi connectivity index (χ0v) is 9.28. The molecule has 18 heavy (non-hydrogen) atoms. The van der Waals surface area contributed by atoms with Gasteiger partial charge in [-0.1, -0.05) is 12.1 Å². The van der Waals surface area contributed by atoms with Gasteiger partial charge in [0, 0.05) is 5.56 Å². The van der Waals surface area contributed by atoms with Gasteiger partial charge < -0.3 is 11.1 Å². The number of anilines is 2. The first-order chi connectivity index (χ1) is 8.58. The summed E-state index contributed by atoms with van der Waals surface area (Å²) in [6.45, 7) is 0. The van der Waals surface area contributed by atoms with E-state index in [4.69, 9.17) is 5.73 Å². The van der Waals surface area contributed by atoms with Crippen LogP contribution in [0.15, 0.2) is 42.5 Å². The first kappa shape index (κ1) is 12.0. The van der Waals surface area contributed by atoms with Gasteiger partial charge in [0.15, 0.2) is 0 Å². The normalized spacial score (nSPS) is 10.1. The number of benzene rings is 2. The van der Waals surface area contributed by atoms with Crippen molar-refractivity contribution in [2.45, 2.75) is 0 Å². The van der Waals surface area contributed by atoms with E-state index in [1.807, 2.05) is 0 Å². The first-order valence-electron chi connectivity index (χ1n) is 5.19. The van der Waals surface area contributed by atoms with Gasteiger partial charge in [0.1, 0.15) is 11.6 Å². The second-order valence-corrected chi connectivity index (χ2v) is 3.67. The second kappa shape index (κ2) is 4.83. The Morgan fingerprint density at radius 2 is 1.78 bits per heavy atom. The van der Waals surface area contributed by atoms with Crippen LogP contribution in [-0.2, 0) is 0 Å². The Kier molecular flexibility index (Phi) is 3.23. The number of hydrogen-bond acceptors (Lipinski definition) is 2. The molecule has 3 nitrogen and oxygen atoms in total. The van der Waals surface area contributed by atoms with Gasteiger partial charge in [0.05, 0.1) is 11.4 Å². The zero-order chi connectivity index (χ0) is 13.1. The van der Waals surface area contributed by atoms with E-state index in [-0.39, 0.29) is 16.9 Å². The van der Waals surface area contributed by atoms with Crippen molar-refractivity contribution >= 4 is 17.3 Å². The fourth-order valence-corrected chi connectivity index (χ4v) is 1.43. The average molecular weight is 248 g/mol. The predicted octanol–water partition coefficient (Wildman–Crippen LogP) is 2.80. The Morgan fingerprint density at radius 1 is 1.06 bits per heavy atom. The van der Waals surface area contributed by atoms with Gasteiger partial charge in [-0.3, -0.25) is 4.79 Å². The molecule has 0 aliphatic rings. The molecule has 0 spiro atoms. The Hall–Kier alpha value is -2.43. The molecule has 1 amide bonds. The lowest BCUT2D eigenvalue weighted by Gasteiger charge is -2.06. The van der Waals surface area contributed by atoms with Crippen LogP contribution in [0.5, 0.6) is 0 Å². The van der Waals surface area contributed by atoms with Crippen molar-refractivity contribution in [3.05, 3.63) is 59.7 Å². The molecular weight excluding hydrogens is 238 g/mol. The third-order valence-electron chi connectivity index (χ3n) is 2.38. The number of amides is 1. The van der Waals surface area contributed by atoms with Crippen molar-refractivity contribution in [1.82, 2.24) is 0 Å². The standard InChI is InChI=1S/C13H10F2N2O/c14-9-3-1-2-4-12(9)17-13(18)8-5-6-11(16)10(15)7-8/h1-7H,16H2,(H,17,18). The second-order valence-electron chi connectivity index (χ2n) is 3.67. The molecule has 0 saturated carbocycles. The molecule has 0 radical (unpaired) electrons. The molecule has 0 aliphatic carbocycles. The van der Waals surface area contributed by atoms with Crippen molar-refractivity contribution in [3.63, 3.8) is 0 Å². The van der Waals surface area contributed by atoms with Crippen LogP contribution in [0.3, 0.4) is 0 Å². The van der Waals surface area contributed by atoms with Crippen LogP contribution in [0.2, 0.25) is 0 Å². The summed E-state index contributed by atoms with van der Waals surface area (Å²) < 4.78 is 26.5. The smallest absolute Gasteiger partial charge is 0.255 e. The van der Waals surface area contributed by atoms with E-state index in [9.17, 15) is 13.6 Å². The molecule has 0 aromatic heterocycles. The van der Waals surface area contributed by atoms with Crippen LogP contribution in [0.25, 0.3) is 0 Å². The average Bonchev–Trinajstić information content (AvgIpc) is 2.35. The highest BCUT2D eigenvalue weighted by molar-refractivity contribution is 6.04. The van der Waals surface area contributed by atoms with Crippen molar-refractivity contribution in [1.29, 1.82) is 0 Å². The molecule has 2 aromatic rings. The summed E-state index contributed by atoms with van der Waals surface area (Å²) in [5, 5.41) is 2.35. The molecule has 0 atom stereocenters. The van der Waals surface area contributed by atoms with E-state index in [1.54, 1.807) is 6.07 Å². The molecule has 0 aliphatic heterocycles. The summed E-state index contributed by atoms with van der Waals surface area (Å²) in [6.07, 6.45) is 0. The minimum absolute atomic E-state index is 0.0414. The van der Waals surface area contributed by atoms with Crippen LogP contribution in [-0.4, -0.2) is 5.91 Å². The number of rotatable bonds is 2. The molecular formula is C13H10F2N2O. The fourth-order valence-electron chi connectivity index (χ4n) is 1.43. The molecule has 92 valence electrons. The van der Waals surface area contributed by atoms with Crippen molar-refractivity contribution < 1.29 is 13.6 Å². The third-order valence-corrected chi connectivity index (χ3v) is 2.38. The van der Waals surface area contributed by atoms with Gasteiger partial charge in [-0.25, -0.2) is 8.78 Å². The maximum Gasteiger partial charge on any atom is 0.255 e. The van der Waals surface area contributed by atoms with Gasteiger partial charge in [-0.05, 0) is 30.3 Å². The zero-order valence-electron chi connectivity index (χ0n) is 9.28. The van der Waals surface area contributed by atoms with Crippen LogP contribution in [0.4, 0.5) is 20.2 Å². The molecule has 3 N–H and O–H groups in total. The van der Waals surface area contributed by atoms with E-state index < -0.39 is 17.5 Å². The minimum Gasteiger partial charge on any atom is -0.396 e. The number of nitrogens with two attached hydrogens (primary N) is 1. The maximum atomic E-state index is 13.3. The maximum absolute atomic E-state index is 13.3. The summed E-state index contributed by atoms with van der Waals surface area (Å²) in [7, 11) is 0. The third kappa shape index (κ3) is 2.45. The number of para-hydroxylation sites is 1. The Labute approximate surface area is 102 Å². The van der Waals surface area contributed by atoms with Crippen molar-refractivity contribution in [3.8, 4) is 0 Å². The number of nitrogen functional groups attached to an aromatic ring is 1. The molecule has 0 saturated heterocycles. The van der Waals surface area contributed by atoms with E-state index in [1.165, 1.54) is 30.3 Å². The van der Waals surface area contributed by atoms with Crippen molar-refractivity contribution in [2.75, 3.05) is 11.1 Å². The number of carbonyl (C=O) groups is 1. The topological polar surface area (TPSA) is 55.1 Å². The van der Waals surface area contributed by atoms with Crippen LogP contribution in [0.1, 0.15) is 10.4 Å². The van der Waals surface area contributed by atoms with Gasteiger partial charge in [-0.15, -0.1) is 0 Å². The Balaban J connectivity index is 2.22. The lowest BCUT2D eigenvalue weighted by molar-refractivity contribution is 0.102. The first-order valence-corrected chi connectivity index (χ1v) is 5.19. The summed E-state index contributed by atoms with van der Waals surface area (Å²) in [4.78, 5) is 11.7. The van der Waals surface area contributed by atoms with E-state index >= 15 is 0 Å². The minimum atomic E-state index is -0.684. The molecule has 2 rings (SSSR count). The van der Waals surface area contributed by atoms with Crippen LogP contribution >= 0.6 is 0 Å². The van der Waals surface area contributed by atoms with Gasteiger partial charge in [0.25, 0.3) is 5.91 Å². The van der Waals surface area contributed by atoms with E-state index in [0.717, 1.165) is 6.07 Å². The van der Waals surface area contributed by atoms with Crippen molar-refractivity contribution in [2.24, 2.45) is 0 Å². The highest BCUT2D eigenvalue weighted by Crippen LogP contribution is 2.16. The van der Waals surface area contributed by atoms with Gasteiger partial charge in [0.2, 0.25) is 0 Å². The number of carbonyl (C=O) groups excluding carboxylic acids is 1. The summed E-state index contributed by atoms with van der Waals surface area (Å²) >= 11 is 0.